The highest BCUT2D eigenvalue weighted by molar-refractivity contribution is 5.63. The molecule has 0 unspecified atom stereocenters. The molecule has 1 aromatic heterocycles. The van der Waals surface area contributed by atoms with Crippen LogP contribution in [0.1, 0.15) is 35.6 Å². The van der Waals surface area contributed by atoms with Crippen molar-refractivity contribution >= 4 is 0 Å². The number of aromatic amines is 1. The predicted molar refractivity (Wildman–Crippen MR) is 66.0 cm³/mol. The van der Waals surface area contributed by atoms with Crippen LogP contribution < -0.4 is 0 Å². The molecule has 3 rings (SSSR count). The molecule has 118 valence electrons. The van der Waals surface area contributed by atoms with Crippen molar-refractivity contribution in [3.8, 4) is 11.4 Å². The van der Waals surface area contributed by atoms with Crippen LogP contribution in [0.25, 0.3) is 11.4 Å². The summed E-state index contributed by atoms with van der Waals surface area (Å²) in [5, 5.41) is 0. The summed E-state index contributed by atoms with van der Waals surface area (Å²) >= 11 is 0. The fourth-order valence-corrected chi connectivity index (χ4v) is 2.24. The summed E-state index contributed by atoms with van der Waals surface area (Å²) in [4.78, 5) is 6.53. The van der Waals surface area contributed by atoms with Crippen LogP contribution in [0.15, 0.2) is 24.4 Å². The van der Waals surface area contributed by atoms with Gasteiger partial charge in [0.25, 0.3) is 0 Å². The quantitative estimate of drug-likeness (QED) is 0.776. The molecule has 1 saturated carbocycles. The third kappa shape index (κ3) is 2.82. The molecule has 1 aromatic carbocycles. The van der Waals surface area contributed by atoms with E-state index in [0.29, 0.717) is 23.9 Å². The van der Waals surface area contributed by atoms with E-state index in [-0.39, 0.29) is 11.7 Å². The molecule has 0 saturated heterocycles. The number of H-pyrrole nitrogens is 1. The summed E-state index contributed by atoms with van der Waals surface area (Å²) in [5.74, 6) is 0.0155. The van der Waals surface area contributed by atoms with Gasteiger partial charge in [-0.2, -0.15) is 26.3 Å². The Morgan fingerprint density at radius 2 is 1.68 bits per heavy atom. The number of rotatable bonds is 2. The van der Waals surface area contributed by atoms with Crippen molar-refractivity contribution in [3.63, 3.8) is 0 Å². The fourth-order valence-electron chi connectivity index (χ4n) is 2.24. The average molecular weight is 320 g/mol. The molecule has 0 bridgehead atoms. The van der Waals surface area contributed by atoms with Gasteiger partial charge in [-0.1, -0.05) is 0 Å². The first-order chi connectivity index (χ1) is 10.2. The zero-order valence-corrected chi connectivity index (χ0v) is 11.0. The van der Waals surface area contributed by atoms with E-state index in [1.807, 2.05) is 0 Å². The first-order valence-corrected chi connectivity index (χ1v) is 6.50. The molecule has 0 radical (unpaired) electrons. The lowest BCUT2D eigenvalue weighted by Crippen LogP contribution is -2.11. The number of imidazole rings is 1. The monoisotopic (exact) mass is 320 g/mol. The number of aromatic nitrogens is 2. The average Bonchev–Trinajstić information content (AvgIpc) is 3.14. The lowest BCUT2D eigenvalue weighted by atomic mass is 10.0. The van der Waals surface area contributed by atoms with E-state index in [0.717, 1.165) is 12.8 Å². The van der Waals surface area contributed by atoms with Gasteiger partial charge < -0.3 is 4.98 Å². The maximum absolute atomic E-state index is 13.0. The molecule has 1 aliphatic carbocycles. The predicted octanol–water partition coefficient (Wildman–Crippen LogP) is 4.99. The van der Waals surface area contributed by atoms with Gasteiger partial charge in [0.1, 0.15) is 5.82 Å². The Bertz CT molecular complexity index is 694. The summed E-state index contributed by atoms with van der Waals surface area (Å²) in [7, 11) is 0. The first-order valence-electron chi connectivity index (χ1n) is 6.50. The van der Waals surface area contributed by atoms with E-state index < -0.39 is 29.0 Å². The number of halogens is 6. The zero-order valence-electron chi connectivity index (χ0n) is 11.0. The van der Waals surface area contributed by atoms with Gasteiger partial charge in [0.2, 0.25) is 0 Å². The highest BCUT2D eigenvalue weighted by atomic mass is 19.4. The van der Waals surface area contributed by atoms with Gasteiger partial charge in [0.05, 0.1) is 11.1 Å². The van der Waals surface area contributed by atoms with Crippen LogP contribution in [0.4, 0.5) is 26.3 Å². The maximum atomic E-state index is 13.0. The second-order valence-electron chi connectivity index (χ2n) is 5.22. The fraction of sp³-hybridized carbons (Fsp3) is 0.357. The van der Waals surface area contributed by atoms with Crippen LogP contribution in [-0.4, -0.2) is 9.97 Å². The van der Waals surface area contributed by atoms with Crippen molar-refractivity contribution < 1.29 is 26.3 Å². The third-order valence-electron chi connectivity index (χ3n) is 3.52. The Morgan fingerprint density at radius 1 is 1.00 bits per heavy atom. The summed E-state index contributed by atoms with van der Waals surface area (Å²) < 4.78 is 77.3. The minimum absolute atomic E-state index is 0.194. The first kappa shape index (κ1) is 14.9. The van der Waals surface area contributed by atoms with E-state index in [1.165, 1.54) is 6.20 Å². The number of nitrogens with zero attached hydrogens (tertiary/aromatic N) is 1. The zero-order chi connectivity index (χ0) is 16.1. The van der Waals surface area contributed by atoms with Gasteiger partial charge in [0, 0.05) is 23.4 Å². The van der Waals surface area contributed by atoms with Crippen molar-refractivity contribution in [2.24, 2.45) is 0 Å². The SMILES string of the molecule is FC(F)(F)c1ccc(C(F)(F)F)c(-c2ncc(C3CC3)[nH]2)c1. The highest BCUT2D eigenvalue weighted by Gasteiger charge is 2.38. The van der Waals surface area contributed by atoms with Gasteiger partial charge in [-0.05, 0) is 31.0 Å². The number of alkyl halides is 6. The molecular formula is C14H10F6N2. The van der Waals surface area contributed by atoms with Crippen molar-refractivity contribution in [3.05, 3.63) is 41.2 Å². The van der Waals surface area contributed by atoms with E-state index in [1.54, 1.807) is 0 Å². The van der Waals surface area contributed by atoms with Crippen molar-refractivity contribution in [2.75, 3.05) is 0 Å². The second kappa shape index (κ2) is 4.76. The standard InChI is InChI=1S/C14H10F6N2/c15-13(16,17)8-3-4-10(14(18,19)20)9(5-8)12-21-6-11(22-12)7-1-2-7/h3-7H,1-2H2,(H,21,22). The summed E-state index contributed by atoms with van der Waals surface area (Å²) in [5.41, 5.74) is -2.22. The highest BCUT2D eigenvalue weighted by Crippen LogP contribution is 2.42. The molecule has 1 aliphatic rings. The van der Waals surface area contributed by atoms with E-state index >= 15 is 0 Å². The van der Waals surface area contributed by atoms with E-state index in [9.17, 15) is 26.3 Å². The van der Waals surface area contributed by atoms with Crippen molar-refractivity contribution in [1.82, 2.24) is 9.97 Å². The Hall–Kier alpha value is -1.99. The number of hydrogen-bond acceptors (Lipinski definition) is 1. The van der Waals surface area contributed by atoms with E-state index in [4.69, 9.17) is 0 Å². The van der Waals surface area contributed by atoms with Gasteiger partial charge in [0.15, 0.2) is 0 Å². The maximum Gasteiger partial charge on any atom is 0.417 e. The summed E-state index contributed by atoms with van der Waals surface area (Å²) in [6.45, 7) is 0. The van der Waals surface area contributed by atoms with Crippen LogP contribution >= 0.6 is 0 Å². The Balaban J connectivity index is 2.12. The van der Waals surface area contributed by atoms with Crippen LogP contribution in [0.5, 0.6) is 0 Å². The molecule has 0 atom stereocenters. The number of hydrogen-bond donors (Lipinski definition) is 1. The minimum atomic E-state index is -4.76. The second-order valence-corrected chi connectivity index (χ2v) is 5.22. The lowest BCUT2D eigenvalue weighted by Gasteiger charge is -2.14. The molecule has 0 amide bonds. The molecule has 0 spiro atoms. The van der Waals surface area contributed by atoms with Crippen LogP contribution in [0, 0.1) is 0 Å². The molecule has 8 heteroatoms. The Kier molecular flexibility index (Phi) is 3.23. The minimum Gasteiger partial charge on any atom is -0.342 e. The molecule has 2 aromatic rings. The smallest absolute Gasteiger partial charge is 0.342 e. The molecule has 1 N–H and O–H groups in total. The van der Waals surface area contributed by atoms with Crippen LogP contribution in [0.2, 0.25) is 0 Å². The van der Waals surface area contributed by atoms with Gasteiger partial charge >= 0.3 is 12.4 Å². The molecule has 1 heterocycles. The van der Waals surface area contributed by atoms with Crippen molar-refractivity contribution in [2.45, 2.75) is 31.1 Å². The van der Waals surface area contributed by atoms with Crippen LogP contribution in [0.3, 0.4) is 0 Å². The summed E-state index contributed by atoms with van der Waals surface area (Å²) in [6.07, 6.45) is -6.29. The molecule has 22 heavy (non-hydrogen) atoms. The normalized spacial score (nSPS) is 16.1. The van der Waals surface area contributed by atoms with E-state index in [2.05, 4.69) is 9.97 Å². The van der Waals surface area contributed by atoms with Gasteiger partial charge in [-0.25, -0.2) is 4.98 Å². The summed E-state index contributed by atoms with van der Waals surface area (Å²) in [6, 6.07) is 1.35. The van der Waals surface area contributed by atoms with Gasteiger partial charge in [-0.3, -0.25) is 0 Å². The molecular weight excluding hydrogens is 310 g/mol. The number of benzene rings is 1. The Labute approximate surface area is 121 Å². The molecule has 1 fully saturated rings. The van der Waals surface area contributed by atoms with Gasteiger partial charge in [-0.15, -0.1) is 0 Å². The topological polar surface area (TPSA) is 28.7 Å². The molecule has 0 aliphatic heterocycles. The van der Waals surface area contributed by atoms with Crippen molar-refractivity contribution in [1.29, 1.82) is 0 Å². The Morgan fingerprint density at radius 3 is 2.23 bits per heavy atom. The lowest BCUT2D eigenvalue weighted by molar-refractivity contribution is -0.141. The third-order valence-corrected chi connectivity index (χ3v) is 3.52. The largest absolute Gasteiger partial charge is 0.417 e. The van der Waals surface area contributed by atoms with Crippen LogP contribution in [-0.2, 0) is 12.4 Å². The number of nitrogens with one attached hydrogen (secondary N) is 1. The molecule has 2 nitrogen and oxygen atoms in total.